The average molecular weight is 1080 g/mol. The van der Waals surface area contributed by atoms with E-state index in [1.165, 1.54) is 45.4 Å². The fourth-order valence-corrected chi connectivity index (χ4v) is 13.9. The number of pyridine rings is 1. The molecular formula is C60H71F2N11O6. The maximum absolute atomic E-state index is 16.1. The first kappa shape index (κ1) is 54.1. The Morgan fingerprint density at radius 1 is 0.848 bits per heavy atom. The lowest BCUT2D eigenvalue weighted by molar-refractivity contribution is -0.135. The van der Waals surface area contributed by atoms with Crippen molar-refractivity contribution in [2.45, 2.75) is 120 Å². The molecule has 79 heavy (non-hydrogen) atoms. The van der Waals surface area contributed by atoms with Crippen molar-refractivity contribution in [1.82, 2.24) is 49.4 Å². The molecule has 7 fully saturated rings. The number of carbonyl (C=O) groups is 3. The number of carbonyl (C=O) groups excluding carboxylic acids is 3. The van der Waals surface area contributed by atoms with Gasteiger partial charge in [-0.3, -0.25) is 38.7 Å². The number of imidazole rings is 1. The molecule has 7 aliphatic rings. The molecule has 19 heteroatoms. The summed E-state index contributed by atoms with van der Waals surface area (Å²) < 4.78 is 44.3. The second-order valence-corrected chi connectivity index (χ2v) is 22.5. The van der Waals surface area contributed by atoms with E-state index in [4.69, 9.17) is 15.9 Å². The Hall–Kier alpha value is -6.85. The number of ether oxygens (including phenoxy) is 2. The second kappa shape index (κ2) is 23.5. The van der Waals surface area contributed by atoms with Crippen molar-refractivity contribution in [1.29, 1.82) is 0 Å². The first-order valence-corrected chi connectivity index (χ1v) is 28.2. The summed E-state index contributed by atoms with van der Waals surface area (Å²) in [5.74, 6) is 1.71. The number of aryl methyl sites for hydroxylation is 1. The van der Waals surface area contributed by atoms with Gasteiger partial charge in [0, 0.05) is 94.1 Å². The lowest BCUT2D eigenvalue weighted by atomic mass is 9.88. The van der Waals surface area contributed by atoms with Crippen molar-refractivity contribution in [3.63, 3.8) is 0 Å². The Morgan fingerprint density at radius 2 is 1.62 bits per heavy atom. The monoisotopic (exact) mass is 1080 g/mol. The van der Waals surface area contributed by atoms with Crippen molar-refractivity contribution in [3.8, 4) is 29.6 Å². The lowest BCUT2D eigenvalue weighted by Gasteiger charge is -2.41. The average Bonchev–Trinajstić information content (AvgIpc) is 4.47. The van der Waals surface area contributed by atoms with Crippen LogP contribution in [-0.2, 0) is 32.6 Å². The van der Waals surface area contributed by atoms with Gasteiger partial charge in [0.1, 0.15) is 28.9 Å². The molecule has 13 rings (SSSR count). The third-order valence-corrected chi connectivity index (χ3v) is 17.9. The van der Waals surface area contributed by atoms with E-state index in [1.54, 1.807) is 46.6 Å². The number of hydrogen-bond donors (Lipinski definition) is 2. The van der Waals surface area contributed by atoms with Crippen molar-refractivity contribution < 1.29 is 32.6 Å². The number of amides is 3. The molecule has 2 N–H and O–H groups in total. The second-order valence-electron chi connectivity index (χ2n) is 22.5. The molecule has 3 amide bonds. The van der Waals surface area contributed by atoms with Crippen molar-refractivity contribution >= 4 is 56.8 Å². The Labute approximate surface area is 459 Å². The number of methoxy groups -OCH3 is 2. The van der Waals surface area contributed by atoms with Crippen LogP contribution >= 0.6 is 0 Å². The molecule has 7 saturated heterocycles. The number of likely N-dealkylation sites (tertiary alicyclic amines) is 2. The number of benzene rings is 3. The van der Waals surface area contributed by atoms with Crippen molar-refractivity contribution in [3.05, 3.63) is 88.0 Å². The highest BCUT2D eigenvalue weighted by atomic mass is 19.1. The van der Waals surface area contributed by atoms with Crippen LogP contribution in [0.25, 0.3) is 44.0 Å². The third-order valence-electron chi connectivity index (χ3n) is 17.9. The van der Waals surface area contributed by atoms with E-state index in [9.17, 15) is 23.6 Å². The standard InChI is InChI=1S/C26H21F2N5O.C25H33N5O4.C9H17NO/c1-3-17-20(27)10-7-14-5-4-6-18(21(14)17)23-22(28)24-19(11-29-23)25(32-26(31-24)34-2)33-12-15-8-9-16(13-33)30-15;1-27-23-18(15-17-7-13-29(14-8-17)19-9-11-28(16-31)12-10-19)3-2-4-20(23)30(25(27)34)21-5-6-22(32)26-24(21)33;1-11-7-9-5-4-8-3-2-6-10(8)9/h1,4-7,10-11,15-16,30H,8-9,12-13H2,2H3;2-4,16-17,19,21H,5-15H2,1H3,(H,26,32,33);8-9H,2-7H2,1H3. The predicted molar refractivity (Wildman–Crippen MR) is 299 cm³/mol. The van der Waals surface area contributed by atoms with E-state index in [-0.39, 0.29) is 40.8 Å². The van der Waals surface area contributed by atoms with Crippen LogP contribution in [0.15, 0.2) is 59.5 Å². The quantitative estimate of drug-likeness (QED) is 0.0866. The summed E-state index contributed by atoms with van der Waals surface area (Å²) in [6.07, 6.45) is 21.8. The van der Waals surface area contributed by atoms with Crippen LogP contribution in [0, 0.1) is 29.9 Å². The first-order valence-electron chi connectivity index (χ1n) is 28.2. The molecule has 10 heterocycles. The van der Waals surface area contributed by atoms with Gasteiger partial charge in [-0.1, -0.05) is 42.3 Å². The van der Waals surface area contributed by atoms with Gasteiger partial charge >= 0.3 is 11.7 Å². The molecule has 17 nitrogen and oxygen atoms in total. The number of fused-ring (bicyclic) bond motifs is 6. The van der Waals surface area contributed by atoms with Gasteiger partial charge < -0.3 is 29.5 Å². The van der Waals surface area contributed by atoms with Gasteiger partial charge in [-0.15, -0.1) is 6.42 Å². The Balaban J connectivity index is 0.000000140. The summed E-state index contributed by atoms with van der Waals surface area (Å²) in [4.78, 5) is 70.8. The van der Waals surface area contributed by atoms with Gasteiger partial charge in [0.15, 0.2) is 5.82 Å². The van der Waals surface area contributed by atoms with Crippen LogP contribution in [0.1, 0.15) is 94.2 Å². The number of piperidine rings is 3. The van der Waals surface area contributed by atoms with Crippen LogP contribution in [-0.4, -0.2) is 154 Å². The summed E-state index contributed by atoms with van der Waals surface area (Å²) in [7, 11) is 5.04. The van der Waals surface area contributed by atoms with E-state index in [0.717, 1.165) is 126 Å². The molecular weight excluding hydrogens is 1010 g/mol. The largest absolute Gasteiger partial charge is 0.467 e. The summed E-state index contributed by atoms with van der Waals surface area (Å²) >= 11 is 0. The van der Waals surface area contributed by atoms with E-state index in [1.807, 2.05) is 24.1 Å². The zero-order valence-electron chi connectivity index (χ0n) is 45.5. The Kier molecular flexibility index (Phi) is 16.1. The first-order chi connectivity index (χ1) is 38.4. The van der Waals surface area contributed by atoms with Gasteiger partial charge in [0.25, 0.3) is 0 Å². The van der Waals surface area contributed by atoms with Gasteiger partial charge in [-0.05, 0) is 126 Å². The fourth-order valence-electron chi connectivity index (χ4n) is 13.9. The Bertz CT molecular complexity index is 3350. The number of imide groups is 1. The number of halogens is 2. The van der Waals surface area contributed by atoms with Crippen LogP contribution < -0.4 is 26.0 Å². The number of piperazine rings is 1. The zero-order chi connectivity index (χ0) is 54.9. The number of anilines is 1. The number of rotatable bonds is 10. The lowest BCUT2D eigenvalue weighted by Crippen LogP contribution is -2.51. The van der Waals surface area contributed by atoms with Gasteiger partial charge in [-0.25, -0.2) is 13.6 Å². The number of hydrogen-bond acceptors (Lipinski definition) is 13. The van der Waals surface area contributed by atoms with Crippen LogP contribution in [0.4, 0.5) is 14.6 Å². The third kappa shape index (κ3) is 10.8. The molecule has 6 aromatic rings. The molecule has 5 atom stereocenters. The van der Waals surface area contributed by atoms with Gasteiger partial charge in [0.05, 0.1) is 35.7 Å². The number of nitrogens with zero attached hydrogens (tertiary/aromatic N) is 9. The highest BCUT2D eigenvalue weighted by molar-refractivity contribution is 6.02. The maximum Gasteiger partial charge on any atom is 0.329 e. The molecule has 0 aliphatic carbocycles. The molecule has 0 saturated carbocycles. The number of terminal acetylenes is 1. The summed E-state index contributed by atoms with van der Waals surface area (Å²) in [5, 5.41) is 7.61. The SMILES string of the molecule is C#Cc1c(F)ccc2cccc(-c3ncc4c(N5CC6CCC(C5)N6)nc(OC)nc4c3F)c12.COCC1CCC2CCCN21.Cn1c(=O)n(C2CCC(=O)NC2=O)c2cccc(CC3CCN(C4CCN(C=O)CC4)CC3)c21. The van der Waals surface area contributed by atoms with Crippen LogP contribution in [0.3, 0.4) is 0 Å². The van der Waals surface area contributed by atoms with Crippen molar-refractivity contribution in [2.24, 2.45) is 13.0 Å². The highest BCUT2D eigenvalue weighted by Crippen LogP contribution is 2.38. The molecule has 3 aromatic carbocycles. The zero-order valence-corrected chi connectivity index (χ0v) is 45.5. The maximum atomic E-state index is 16.1. The van der Waals surface area contributed by atoms with Crippen LogP contribution in [0.2, 0.25) is 0 Å². The number of para-hydroxylation sites is 1. The Morgan fingerprint density at radius 3 is 2.34 bits per heavy atom. The fraction of sp³-hybridized carbons (Fsp3) is 0.517. The van der Waals surface area contributed by atoms with Gasteiger partial charge in [0.2, 0.25) is 18.2 Å². The minimum Gasteiger partial charge on any atom is -0.467 e. The molecule has 2 bridgehead atoms. The van der Waals surface area contributed by atoms with Crippen molar-refractivity contribution in [2.75, 3.05) is 71.5 Å². The van der Waals surface area contributed by atoms with E-state index >= 15 is 4.39 Å². The van der Waals surface area contributed by atoms with Gasteiger partial charge in [-0.2, -0.15) is 9.97 Å². The minimum absolute atomic E-state index is 0.0484. The number of nitrogens with one attached hydrogen (secondary N) is 2. The summed E-state index contributed by atoms with van der Waals surface area (Å²) in [6, 6.07) is 16.6. The molecule has 3 aromatic heterocycles. The predicted octanol–water partition coefficient (Wildman–Crippen LogP) is 6.51. The molecule has 0 spiro atoms. The molecule has 5 unspecified atom stereocenters. The summed E-state index contributed by atoms with van der Waals surface area (Å²) in [5.41, 5.74) is 3.21. The molecule has 7 aliphatic heterocycles. The molecule has 0 radical (unpaired) electrons. The summed E-state index contributed by atoms with van der Waals surface area (Å²) in [6.45, 7) is 7.65. The van der Waals surface area contributed by atoms with E-state index in [0.29, 0.717) is 58.0 Å². The minimum atomic E-state index is -0.655. The highest BCUT2D eigenvalue weighted by Gasteiger charge is 2.38. The van der Waals surface area contributed by atoms with E-state index in [2.05, 4.69) is 52.3 Å². The number of aromatic nitrogens is 5. The van der Waals surface area contributed by atoms with Crippen LogP contribution in [0.5, 0.6) is 6.01 Å². The molecule has 416 valence electrons. The van der Waals surface area contributed by atoms with E-state index < -0.39 is 23.6 Å². The smallest absolute Gasteiger partial charge is 0.329 e. The normalized spacial score (nSPS) is 23.8. The topological polar surface area (TPSA) is 172 Å².